The number of amides is 1. The van der Waals surface area contributed by atoms with E-state index >= 15 is 0 Å². The van der Waals surface area contributed by atoms with Crippen molar-refractivity contribution in [2.45, 2.75) is 37.8 Å². The summed E-state index contributed by atoms with van der Waals surface area (Å²) in [5, 5.41) is 3.41. The molecule has 1 aromatic heterocycles. The zero-order valence-electron chi connectivity index (χ0n) is 13.9. The highest BCUT2D eigenvalue weighted by molar-refractivity contribution is 5.85. The average Bonchev–Trinajstić information content (AvgIpc) is 3.05. The van der Waals surface area contributed by atoms with Gasteiger partial charge >= 0.3 is 0 Å². The van der Waals surface area contributed by atoms with Gasteiger partial charge in [0.25, 0.3) is 0 Å². The number of hydrogen-bond donors (Lipinski definition) is 1. The highest BCUT2D eigenvalue weighted by atomic mass is 16.5. The molecule has 2 saturated heterocycles. The molecule has 0 radical (unpaired) electrons. The molecule has 2 atom stereocenters. The van der Waals surface area contributed by atoms with Gasteiger partial charge < -0.3 is 19.9 Å². The van der Waals surface area contributed by atoms with Crippen LogP contribution >= 0.6 is 0 Å². The Morgan fingerprint density at radius 2 is 2.26 bits per heavy atom. The second-order valence-corrected chi connectivity index (χ2v) is 6.38. The van der Waals surface area contributed by atoms with E-state index in [0.717, 1.165) is 44.7 Å². The summed E-state index contributed by atoms with van der Waals surface area (Å²) in [5.41, 5.74) is 0. The maximum absolute atomic E-state index is 12.3. The van der Waals surface area contributed by atoms with Crippen LogP contribution in [-0.2, 0) is 9.53 Å². The fraction of sp³-hybridized carbons (Fsp3) is 0.688. The lowest BCUT2D eigenvalue weighted by Crippen LogP contribution is -2.43. The number of carbonyl (C=O) groups is 1. The topological polar surface area (TPSA) is 70.6 Å². The van der Waals surface area contributed by atoms with Gasteiger partial charge in [-0.25, -0.2) is 4.98 Å². The van der Waals surface area contributed by atoms with Gasteiger partial charge in [0.05, 0.1) is 12.6 Å². The predicted molar refractivity (Wildman–Crippen MR) is 88.6 cm³/mol. The molecule has 23 heavy (non-hydrogen) atoms. The highest BCUT2D eigenvalue weighted by Gasteiger charge is 2.33. The summed E-state index contributed by atoms with van der Waals surface area (Å²) in [4.78, 5) is 25.0. The van der Waals surface area contributed by atoms with E-state index in [1.165, 1.54) is 0 Å². The van der Waals surface area contributed by atoms with Crippen LogP contribution in [0.2, 0.25) is 0 Å². The Morgan fingerprint density at radius 3 is 3.00 bits per heavy atom. The van der Waals surface area contributed by atoms with Gasteiger partial charge in [0.1, 0.15) is 11.9 Å². The van der Waals surface area contributed by atoms with Crippen LogP contribution in [0.25, 0.3) is 0 Å². The van der Waals surface area contributed by atoms with Gasteiger partial charge in [-0.05, 0) is 31.7 Å². The lowest BCUT2D eigenvalue weighted by Gasteiger charge is -2.27. The molecule has 3 rings (SSSR count). The second-order valence-electron chi connectivity index (χ2n) is 6.38. The number of rotatable bonds is 4. The summed E-state index contributed by atoms with van der Waals surface area (Å²) < 4.78 is 5.49. The Balaban J connectivity index is 1.72. The minimum absolute atomic E-state index is 0.116. The second kappa shape index (κ2) is 7.12. The number of likely N-dealkylation sites (N-methyl/N-ethyl adjacent to an activating group) is 1. The van der Waals surface area contributed by atoms with Crippen molar-refractivity contribution in [2.24, 2.45) is 0 Å². The molecule has 2 aliphatic heterocycles. The smallest absolute Gasteiger partial charge is 0.244 e. The van der Waals surface area contributed by atoms with Crippen molar-refractivity contribution in [3.05, 3.63) is 12.3 Å². The van der Waals surface area contributed by atoms with Crippen LogP contribution < -0.4 is 10.2 Å². The molecule has 0 aromatic carbocycles. The molecule has 1 N–H and O–H groups in total. The Morgan fingerprint density at radius 1 is 1.39 bits per heavy atom. The lowest BCUT2D eigenvalue weighted by atomic mass is 10.1. The van der Waals surface area contributed by atoms with Gasteiger partial charge in [0.2, 0.25) is 11.9 Å². The first-order chi connectivity index (χ1) is 11.1. The maximum Gasteiger partial charge on any atom is 0.244 e. The summed E-state index contributed by atoms with van der Waals surface area (Å²) >= 11 is 0. The third-order valence-corrected chi connectivity index (χ3v) is 4.39. The molecule has 7 heteroatoms. The van der Waals surface area contributed by atoms with Gasteiger partial charge in [-0.15, -0.1) is 0 Å². The van der Waals surface area contributed by atoms with Crippen molar-refractivity contribution in [3.8, 4) is 0 Å². The van der Waals surface area contributed by atoms with E-state index in [4.69, 9.17) is 4.74 Å². The van der Waals surface area contributed by atoms with E-state index in [0.29, 0.717) is 18.6 Å². The molecule has 0 unspecified atom stereocenters. The van der Waals surface area contributed by atoms with Crippen molar-refractivity contribution in [1.29, 1.82) is 0 Å². The van der Waals surface area contributed by atoms with Crippen LogP contribution in [0.3, 0.4) is 0 Å². The minimum Gasteiger partial charge on any atom is -0.379 e. The highest BCUT2D eigenvalue weighted by Crippen LogP contribution is 2.24. The summed E-state index contributed by atoms with van der Waals surface area (Å²) in [6, 6.07) is 2.01. The first-order valence-electron chi connectivity index (χ1n) is 8.30. The molecule has 0 bridgehead atoms. The molecule has 3 heterocycles. The largest absolute Gasteiger partial charge is 0.379 e. The Bertz CT molecular complexity index is 545. The number of aromatic nitrogens is 2. The maximum atomic E-state index is 12.3. The summed E-state index contributed by atoms with van der Waals surface area (Å²) in [6.45, 7) is 2.38. The zero-order valence-corrected chi connectivity index (χ0v) is 13.9. The SMILES string of the molecule is CN(C)C(=O)[C@@H]1CCCN1c1nccc(N[C@@H]2CCCOC2)n1. The van der Waals surface area contributed by atoms with Gasteiger partial charge in [-0.1, -0.05) is 0 Å². The van der Waals surface area contributed by atoms with Gasteiger partial charge in [0, 0.05) is 33.4 Å². The van der Waals surface area contributed by atoms with Gasteiger partial charge in [-0.2, -0.15) is 4.98 Å². The Labute approximate surface area is 137 Å². The third-order valence-electron chi connectivity index (χ3n) is 4.39. The quantitative estimate of drug-likeness (QED) is 0.897. The average molecular weight is 319 g/mol. The van der Waals surface area contributed by atoms with E-state index in [1.807, 2.05) is 11.0 Å². The molecular weight excluding hydrogens is 294 g/mol. The molecule has 7 nitrogen and oxygen atoms in total. The number of hydrogen-bond acceptors (Lipinski definition) is 6. The first-order valence-corrected chi connectivity index (χ1v) is 8.30. The van der Waals surface area contributed by atoms with Crippen LogP contribution in [0.5, 0.6) is 0 Å². The predicted octanol–water partition coefficient (Wildman–Crippen LogP) is 1.12. The van der Waals surface area contributed by atoms with E-state index in [9.17, 15) is 4.79 Å². The molecule has 2 fully saturated rings. The van der Waals surface area contributed by atoms with Gasteiger partial charge in [0.15, 0.2) is 0 Å². The first kappa shape index (κ1) is 16.0. The number of nitrogens with one attached hydrogen (secondary N) is 1. The molecule has 0 saturated carbocycles. The van der Waals surface area contributed by atoms with Crippen molar-refractivity contribution in [3.63, 3.8) is 0 Å². The zero-order chi connectivity index (χ0) is 16.2. The normalized spacial score (nSPS) is 24.5. The minimum atomic E-state index is -0.154. The molecule has 0 aliphatic carbocycles. The van der Waals surface area contributed by atoms with Crippen molar-refractivity contribution < 1.29 is 9.53 Å². The van der Waals surface area contributed by atoms with E-state index in [-0.39, 0.29) is 11.9 Å². The molecule has 126 valence electrons. The number of carbonyl (C=O) groups excluding carboxylic acids is 1. The van der Waals surface area contributed by atoms with Crippen LogP contribution in [-0.4, -0.2) is 66.7 Å². The van der Waals surface area contributed by atoms with Crippen LogP contribution in [0, 0.1) is 0 Å². The summed E-state index contributed by atoms with van der Waals surface area (Å²) in [7, 11) is 3.58. The van der Waals surface area contributed by atoms with E-state index in [1.54, 1.807) is 25.2 Å². The number of ether oxygens (including phenoxy) is 1. The van der Waals surface area contributed by atoms with Crippen LogP contribution in [0.4, 0.5) is 11.8 Å². The summed E-state index contributed by atoms with van der Waals surface area (Å²) in [6.07, 6.45) is 5.76. The monoisotopic (exact) mass is 319 g/mol. The van der Waals surface area contributed by atoms with E-state index < -0.39 is 0 Å². The van der Waals surface area contributed by atoms with Crippen LogP contribution in [0.1, 0.15) is 25.7 Å². The molecule has 0 spiro atoms. The molecule has 1 aromatic rings. The van der Waals surface area contributed by atoms with E-state index in [2.05, 4.69) is 15.3 Å². The Kier molecular flexibility index (Phi) is 4.95. The van der Waals surface area contributed by atoms with Crippen molar-refractivity contribution in [1.82, 2.24) is 14.9 Å². The number of nitrogens with zero attached hydrogens (tertiary/aromatic N) is 4. The Hall–Kier alpha value is -1.89. The summed E-state index contributed by atoms with van der Waals surface area (Å²) in [5.74, 6) is 1.54. The van der Waals surface area contributed by atoms with Crippen LogP contribution in [0.15, 0.2) is 12.3 Å². The third kappa shape index (κ3) is 3.72. The lowest BCUT2D eigenvalue weighted by molar-refractivity contribution is -0.129. The fourth-order valence-electron chi connectivity index (χ4n) is 3.19. The fourth-order valence-corrected chi connectivity index (χ4v) is 3.19. The van der Waals surface area contributed by atoms with Crippen molar-refractivity contribution >= 4 is 17.7 Å². The molecular formula is C16H25N5O2. The van der Waals surface area contributed by atoms with Gasteiger partial charge in [-0.3, -0.25) is 4.79 Å². The standard InChI is InChI=1S/C16H25N5O2/c1-20(2)15(22)13-6-3-9-21(13)16-17-8-7-14(19-16)18-12-5-4-10-23-11-12/h7-8,12-13H,3-6,9-11H2,1-2H3,(H,17,18,19)/t12-,13+/m1/s1. The number of anilines is 2. The molecule has 2 aliphatic rings. The van der Waals surface area contributed by atoms with Crippen molar-refractivity contribution in [2.75, 3.05) is 44.1 Å². The molecule has 1 amide bonds.